The highest BCUT2D eigenvalue weighted by Crippen LogP contribution is 2.45. The lowest BCUT2D eigenvalue weighted by Gasteiger charge is -2.06. The Morgan fingerprint density at radius 2 is 2.50 bits per heavy atom. The minimum absolute atomic E-state index is 0.476. The summed E-state index contributed by atoms with van der Waals surface area (Å²) < 4.78 is 5.36. The Kier molecular flexibility index (Phi) is 0.770. The van der Waals surface area contributed by atoms with Gasteiger partial charge in [0.1, 0.15) is 0 Å². The van der Waals surface area contributed by atoms with E-state index in [4.69, 9.17) is 4.74 Å². The average Bonchev–Trinajstić information content (AvgIpc) is 2.46. The average molecular weight is 110 g/mol. The van der Waals surface area contributed by atoms with E-state index in [1.807, 2.05) is 0 Å². The van der Waals surface area contributed by atoms with Gasteiger partial charge in [-0.2, -0.15) is 0 Å². The van der Waals surface area contributed by atoms with Gasteiger partial charge in [-0.25, -0.2) is 0 Å². The maximum Gasteiger partial charge on any atom is 0.0852 e. The largest absolute Gasteiger partial charge is 0.373 e. The van der Waals surface area contributed by atoms with Gasteiger partial charge in [0.05, 0.1) is 6.10 Å². The van der Waals surface area contributed by atoms with Crippen molar-refractivity contribution in [1.82, 2.24) is 0 Å². The van der Waals surface area contributed by atoms with Gasteiger partial charge in [0, 0.05) is 12.5 Å². The molecular formula is C7H10O. The second-order valence-electron chi connectivity index (χ2n) is 2.62. The molecule has 0 aromatic heterocycles. The molecule has 0 radical (unpaired) electrons. The standard InChI is InChI=1S/C7H10O/c1-5-6-3-2-4-8-7(5)6/h6-7H,1-4H2/t6-,7+/m1/s1. The van der Waals surface area contributed by atoms with E-state index in [-0.39, 0.29) is 0 Å². The third kappa shape index (κ3) is 0.451. The molecule has 0 unspecified atom stereocenters. The topological polar surface area (TPSA) is 9.23 Å². The molecule has 1 aliphatic carbocycles. The Hall–Kier alpha value is -0.300. The highest BCUT2D eigenvalue weighted by molar-refractivity contribution is 5.29. The zero-order chi connectivity index (χ0) is 5.56. The molecule has 0 N–H and O–H groups in total. The first-order chi connectivity index (χ1) is 3.89. The van der Waals surface area contributed by atoms with Gasteiger partial charge >= 0.3 is 0 Å². The lowest BCUT2D eigenvalue weighted by atomic mass is 10.2. The van der Waals surface area contributed by atoms with Crippen molar-refractivity contribution in [2.24, 2.45) is 5.92 Å². The molecule has 2 fully saturated rings. The molecule has 0 amide bonds. The summed E-state index contributed by atoms with van der Waals surface area (Å²) in [5, 5.41) is 0. The van der Waals surface area contributed by atoms with Gasteiger partial charge in [0.25, 0.3) is 0 Å². The van der Waals surface area contributed by atoms with Gasteiger partial charge in [-0.3, -0.25) is 0 Å². The Bertz CT molecular complexity index is 114. The summed E-state index contributed by atoms with van der Waals surface area (Å²) in [6, 6.07) is 0. The highest BCUT2D eigenvalue weighted by Gasteiger charge is 2.44. The SMILES string of the molecule is C=C1[C@H]2CCCO[C@@H]12. The molecular weight excluding hydrogens is 100 g/mol. The first kappa shape index (κ1) is 4.57. The van der Waals surface area contributed by atoms with Crippen LogP contribution in [-0.4, -0.2) is 12.7 Å². The Balaban J connectivity index is 2.07. The predicted octanol–water partition coefficient (Wildman–Crippen LogP) is 1.35. The van der Waals surface area contributed by atoms with Crippen LogP contribution in [0.3, 0.4) is 0 Å². The van der Waals surface area contributed by atoms with E-state index in [2.05, 4.69) is 6.58 Å². The van der Waals surface area contributed by atoms with Crippen molar-refractivity contribution >= 4 is 0 Å². The Morgan fingerprint density at radius 1 is 1.62 bits per heavy atom. The molecule has 0 aromatic carbocycles. The third-order valence-electron chi connectivity index (χ3n) is 2.05. The quantitative estimate of drug-likeness (QED) is 0.428. The fraction of sp³-hybridized carbons (Fsp3) is 0.714. The third-order valence-corrected chi connectivity index (χ3v) is 2.05. The van der Waals surface area contributed by atoms with Crippen LogP contribution in [0.15, 0.2) is 12.2 Å². The number of hydrogen-bond acceptors (Lipinski definition) is 1. The van der Waals surface area contributed by atoms with Crippen LogP contribution in [0.5, 0.6) is 0 Å². The lowest BCUT2D eigenvalue weighted by molar-refractivity contribution is 0.0831. The molecule has 8 heavy (non-hydrogen) atoms. The minimum Gasteiger partial charge on any atom is -0.373 e. The molecule has 0 spiro atoms. The van der Waals surface area contributed by atoms with E-state index in [1.165, 1.54) is 18.4 Å². The molecule has 1 saturated heterocycles. The summed E-state index contributed by atoms with van der Waals surface area (Å²) in [5.41, 5.74) is 1.34. The zero-order valence-corrected chi connectivity index (χ0v) is 4.89. The van der Waals surface area contributed by atoms with E-state index < -0.39 is 0 Å². The van der Waals surface area contributed by atoms with Crippen LogP contribution in [-0.2, 0) is 4.74 Å². The van der Waals surface area contributed by atoms with E-state index in [0.29, 0.717) is 6.10 Å². The molecule has 1 nitrogen and oxygen atoms in total. The van der Waals surface area contributed by atoms with Crippen molar-refractivity contribution in [3.05, 3.63) is 12.2 Å². The number of ether oxygens (including phenoxy) is 1. The van der Waals surface area contributed by atoms with Crippen molar-refractivity contribution in [3.63, 3.8) is 0 Å². The van der Waals surface area contributed by atoms with Gasteiger partial charge in [-0.05, 0) is 18.4 Å². The summed E-state index contributed by atoms with van der Waals surface area (Å²) in [5.74, 6) is 0.753. The molecule has 2 atom stereocenters. The van der Waals surface area contributed by atoms with Crippen molar-refractivity contribution < 1.29 is 4.74 Å². The second-order valence-corrected chi connectivity index (χ2v) is 2.62. The van der Waals surface area contributed by atoms with E-state index in [9.17, 15) is 0 Å². The van der Waals surface area contributed by atoms with Crippen molar-refractivity contribution in [3.8, 4) is 0 Å². The van der Waals surface area contributed by atoms with Crippen LogP contribution < -0.4 is 0 Å². The summed E-state index contributed by atoms with van der Waals surface area (Å²) in [6.07, 6.45) is 3.03. The Labute approximate surface area is 49.3 Å². The van der Waals surface area contributed by atoms with Crippen LogP contribution in [0.2, 0.25) is 0 Å². The van der Waals surface area contributed by atoms with Crippen LogP contribution >= 0.6 is 0 Å². The van der Waals surface area contributed by atoms with E-state index in [1.54, 1.807) is 0 Å². The fourth-order valence-corrected chi connectivity index (χ4v) is 1.42. The fourth-order valence-electron chi connectivity index (χ4n) is 1.42. The molecule has 44 valence electrons. The van der Waals surface area contributed by atoms with Gasteiger partial charge in [-0.1, -0.05) is 6.58 Å². The monoisotopic (exact) mass is 110 g/mol. The molecule has 0 aromatic rings. The number of fused-ring (bicyclic) bond motifs is 1. The first-order valence-corrected chi connectivity index (χ1v) is 3.20. The molecule has 0 bridgehead atoms. The number of hydrogen-bond donors (Lipinski definition) is 0. The summed E-state index contributed by atoms with van der Waals surface area (Å²) in [4.78, 5) is 0. The van der Waals surface area contributed by atoms with E-state index in [0.717, 1.165) is 12.5 Å². The van der Waals surface area contributed by atoms with Crippen LogP contribution in [0.1, 0.15) is 12.8 Å². The van der Waals surface area contributed by atoms with Crippen molar-refractivity contribution in [1.29, 1.82) is 0 Å². The van der Waals surface area contributed by atoms with Crippen LogP contribution in [0.4, 0.5) is 0 Å². The molecule has 1 aliphatic heterocycles. The maximum atomic E-state index is 5.36. The molecule has 2 aliphatic rings. The minimum atomic E-state index is 0.476. The first-order valence-electron chi connectivity index (χ1n) is 3.20. The smallest absolute Gasteiger partial charge is 0.0852 e. The Morgan fingerprint density at radius 3 is 3.00 bits per heavy atom. The second kappa shape index (κ2) is 1.35. The van der Waals surface area contributed by atoms with Gasteiger partial charge in [-0.15, -0.1) is 0 Å². The van der Waals surface area contributed by atoms with Crippen molar-refractivity contribution in [2.45, 2.75) is 18.9 Å². The maximum absolute atomic E-state index is 5.36. The van der Waals surface area contributed by atoms with Crippen molar-refractivity contribution in [2.75, 3.05) is 6.61 Å². The predicted molar refractivity (Wildman–Crippen MR) is 31.6 cm³/mol. The summed E-state index contributed by atoms with van der Waals surface area (Å²) in [6.45, 7) is 4.84. The summed E-state index contributed by atoms with van der Waals surface area (Å²) in [7, 11) is 0. The zero-order valence-electron chi connectivity index (χ0n) is 4.89. The van der Waals surface area contributed by atoms with Crippen LogP contribution in [0.25, 0.3) is 0 Å². The van der Waals surface area contributed by atoms with Gasteiger partial charge in [0.2, 0.25) is 0 Å². The summed E-state index contributed by atoms with van der Waals surface area (Å²) >= 11 is 0. The molecule has 1 saturated carbocycles. The van der Waals surface area contributed by atoms with E-state index >= 15 is 0 Å². The van der Waals surface area contributed by atoms with Gasteiger partial charge in [0.15, 0.2) is 0 Å². The highest BCUT2D eigenvalue weighted by atomic mass is 16.5. The molecule has 2 rings (SSSR count). The number of rotatable bonds is 0. The normalized spacial score (nSPS) is 43.8. The van der Waals surface area contributed by atoms with Crippen LogP contribution in [0, 0.1) is 5.92 Å². The molecule has 1 heteroatoms. The molecule has 1 heterocycles. The lowest BCUT2D eigenvalue weighted by Crippen LogP contribution is -2.05. The van der Waals surface area contributed by atoms with Gasteiger partial charge < -0.3 is 4.74 Å².